The van der Waals surface area contributed by atoms with Gasteiger partial charge in [0.2, 0.25) is 23.6 Å². The number of ether oxygens (including phenoxy) is 2. The van der Waals surface area contributed by atoms with E-state index >= 15 is 0 Å². The van der Waals surface area contributed by atoms with E-state index in [1.807, 2.05) is 58.5 Å². The summed E-state index contributed by atoms with van der Waals surface area (Å²) in [6.45, 7) is 32.2. The maximum atomic E-state index is 14.6. The molecule has 1 aliphatic heterocycles. The smallest absolute Gasteiger partial charge is 0.245 e. The molecule has 0 radical (unpaired) electrons. The van der Waals surface area contributed by atoms with Gasteiger partial charge in [0.25, 0.3) is 0 Å². The van der Waals surface area contributed by atoms with Crippen LogP contribution >= 0.6 is 0 Å². The van der Waals surface area contributed by atoms with Crippen LogP contribution in [0.15, 0.2) is 12.2 Å². The van der Waals surface area contributed by atoms with Crippen LogP contribution in [0.2, 0.25) is 0 Å². The standard InChI is InChI=1S/C61H107N5O8/c1-19-38(6)52(65(16)56(72)50(36(2)3)63-55(71)51(37(4)5)64(14)15)44(73-17)33-48(69)66-32-20-21-43(66)53(74-18)40(8)54(70)62-34-39(7)41-24-29-61(35-67)31-30-59(12)42(49(41)61)22-23-46-58(11)27-26-47(68)57(9,10)45(58)25-28-60(46,59)13/h36-38,40-47,49-53,67-68H,7,19-35H2,1-6,8-18H3,(H,62,70)(H,63,71)/t38-,40+,41-,42?,43?,44+,45-,46?,47-,49+,50-,51-,52-,53+,58-,59+,60+,61+/m0/s1. The van der Waals surface area contributed by atoms with Crippen molar-refractivity contribution in [3.63, 3.8) is 0 Å². The van der Waals surface area contributed by atoms with E-state index in [4.69, 9.17) is 16.1 Å². The Hall–Kier alpha value is -2.58. The summed E-state index contributed by atoms with van der Waals surface area (Å²) in [7, 11) is 8.74. The van der Waals surface area contributed by atoms with E-state index in [0.717, 1.165) is 69.8 Å². The Morgan fingerprint density at radius 2 is 1.47 bits per heavy atom. The molecule has 4 N–H and O–H groups in total. The van der Waals surface area contributed by atoms with Gasteiger partial charge in [-0.2, -0.15) is 0 Å². The van der Waals surface area contributed by atoms with Gasteiger partial charge in [-0.05, 0) is 166 Å². The lowest BCUT2D eigenvalue weighted by molar-refractivity contribution is -0.249. The molecule has 5 aliphatic carbocycles. The SMILES string of the molecule is C=C(CNC(=O)[C@H](C)[C@@H](OC)C1CCCN1C(=O)C[C@@H](OC)[C@H]([C@@H](C)CC)N(C)C(=O)[C@@H](NC(=O)[C@H](C(C)C)N(C)C)C(C)C)[C@@H]1CC[C@]2(CO)CC[C@]3(C)C(CCC4[C@@]5(C)CC[C@H](O)C(C)(C)[C@@H]5CC[C@]43C)[C@@H]12. The van der Waals surface area contributed by atoms with Gasteiger partial charge >= 0.3 is 0 Å². The molecule has 13 nitrogen and oxygen atoms in total. The Labute approximate surface area is 449 Å². The molecule has 6 rings (SSSR count). The molecule has 13 heteroatoms. The fourth-order valence-electron chi connectivity index (χ4n) is 18.4. The van der Waals surface area contributed by atoms with Gasteiger partial charge in [-0.15, -0.1) is 0 Å². The van der Waals surface area contributed by atoms with Gasteiger partial charge in [0.05, 0.1) is 48.8 Å². The first-order chi connectivity index (χ1) is 34.6. The number of aliphatic hydroxyl groups is 2. The second-order valence-corrected chi connectivity index (χ2v) is 27.6. The number of hydrogen-bond acceptors (Lipinski definition) is 9. The largest absolute Gasteiger partial charge is 0.396 e. The molecule has 3 unspecified atom stereocenters. The van der Waals surface area contributed by atoms with Crippen molar-refractivity contribution in [1.82, 2.24) is 25.3 Å². The fourth-order valence-corrected chi connectivity index (χ4v) is 18.4. The summed E-state index contributed by atoms with van der Waals surface area (Å²) in [4.78, 5) is 62.4. The van der Waals surface area contributed by atoms with Gasteiger partial charge in [-0.1, -0.05) is 102 Å². The highest BCUT2D eigenvalue weighted by atomic mass is 16.5. The van der Waals surface area contributed by atoms with Gasteiger partial charge in [0.1, 0.15) is 6.04 Å². The molecule has 6 aliphatic rings. The number of carbonyl (C=O) groups is 4. The third-order valence-electron chi connectivity index (χ3n) is 22.9. The number of likely N-dealkylation sites (N-methyl/N-ethyl adjacent to an activating group) is 2. The predicted octanol–water partition coefficient (Wildman–Crippen LogP) is 8.74. The lowest BCUT2D eigenvalue weighted by atomic mass is 9.32. The Morgan fingerprint density at radius 3 is 2.05 bits per heavy atom. The van der Waals surface area contributed by atoms with Crippen molar-refractivity contribution in [1.29, 1.82) is 0 Å². The molecule has 1 saturated heterocycles. The van der Waals surface area contributed by atoms with Crippen LogP contribution < -0.4 is 10.6 Å². The molecule has 6 fully saturated rings. The maximum Gasteiger partial charge on any atom is 0.245 e. The van der Waals surface area contributed by atoms with E-state index in [-0.39, 0.29) is 99.5 Å². The zero-order valence-corrected chi connectivity index (χ0v) is 49.7. The summed E-state index contributed by atoms with van der Waals surface area (Å²) in [6, 6.07) is -1.92. The molecular weight excluding hydrogens is 931 g/mol. The highest BCUT2D eigenvalue weighted by Gasteiger charge is 2.71. The number of hydrogen-bond donors (Lipinski definition) is 4. The quantitative estimate of drug-likeness (QED) is 0.0825. The van der Waals surface area contributed by atoms with Crippen molar-refractivity contribution in [2.24, 2.45) is 80.3 Å². The number of likely N-dealkylation sites (tertiary alicyclic amines) is 1. The monoisotopic (exact) mass is 1040 g/mol. The summed E-state index contributed by atoms with van der Waals surface area (Å²) in [5, 5.41) is 28.9. The Bertz CT molecular complexity index is 1990. The van der Waals surface area contributed by atoms with E-state index in [1.54, 1.807) is 26.2 Å². The van der Waals surface area contributed by atoms with E-state index in [1.165, 1.54) is 12.8 Å². The van der Waals surface area contributed by atoms with Crippen LogP contribution in [0.1, 0.15) is 173 Å². The number of nitrogens with one attached hydrogen (secondary N) is 2. The van der Waals surface area contributed by atoms with Crippen molar-refractivity contribution >= 4 is 23.6 Å². The van der Waals surface area contributed by atoms with Crippen molar-refractivity contribution in [2.75, 3.05) is 55.1 Å². The Morgan fingerprint density at radius 1 is 0.797 bits per heavy atom. The van der Waals surface area contributed by atoms with Crippen molar-refractivity contribution in [2.45, 2.75) is 215 Å². The van der Waals surface area contributed by atoms with E-state index in [9.17, 15) is 29.4 Å². The number of methoxy groups -OCH3 is 2. The highest BCUT2D eigenvalue weighted by Crippen LogP contribution is 2.77. The lowest BCUT2D eigenvalue weighted by Crippen LogP contribution is -2.66. The molecule has 0 bridgehead atoms. The maximum absolute atomic E-state index is 14.6. The van der Waals surface area contributed by atoms with Crippen LogP contribution in [0.5, 0.6) is 0 Å². The number of aliphatic hydroxyl groups excluding tert-OH is 2. The predicted molar refractivity (Wildman–Crippen MR) is 295 cm³/mol. The fraction of sp³-hybridized carbons (Fsp3) is 0.902. The summed E-state index contributed by atoms with van der Waals surface area (Å²) in [5.74, 6) is 0.750. The molecule has 424 valence electrons. The zero-order valence-electron chi connectivity index (χ0n) is 49.7. The number of nitrogens with zero attached hydrogens (tertiary/aromatic N) is 3. The second-order valence-electron chi connectivity index (χ2n) is 27.6. The van der Waals surface area contributed by atoms with Gasteiger partial charge in [0.15, 0.2) is 0 Å². The summed E-state index contributed by atoms with van der Waals surface area (Å²) >= 11 is 0. The number of rotatable bonds is 21. The Kier molecular flexibility index (Phi) is 19.2. The van der Waals surface area contributed by atoms with Crippen LogP contribution in [0.25, 0.3) is 0 Å². The minimum Gasteiger partial charge on any atom is -0.396 e. The van der Waals surface area contributed by atoms with Crippen LogP contribution in [0.3, 0.4) is 0 Å². The van der Waals surface area contributed by atoms with Gasteiger partial charge in [-0.3, -0.25) is 24.1 Å². The van der Waals surface area contributed by atoms with Gasteiger partial charge in [-0.25, -0.2) is 0 Å². The summed E-state index contributed by atoms with van der Waals surface area (Å²) in [6.07, 6.45) is 11.7. The number of carbonyl (C=O) groups excluding carboxylic acids is 4. The normalized spacial score (nSPS) is 36.4. The van der Waals surface area contributed by atoms with Crippen molar-refractivity contribution in [3.05, 3.63) is 12.2 Å². The molecule has 0 aromatic rings. The third-order valence-corrected chi connectivity index (χ3v) is 22.9. The van der Waals surface area contributed by atoms with Crippen LogP contribution in [0.4, 0.5) is 0 Å². The molecular formula is C61H107N5O8. The first-order valence-corrected chi connectivity index (χ1v) is 29.4. The molecule has 18 atom stereocenters. The van der Waals surface area contributed by atoms with E-state index < -0.39 is 36.3 Å². The molecule has 4 amide bonds. The average Bonchev–Trinajstić information content (AvgIpc) is 3.99. The zero-order chi connectivity index (χ0) is 55.2. The van der Waals surface area contributed by atoms with E-state index in [0.29, 0.717) is 43.2 Å². The lowest BCUT2D eigenvalue weighted by Gasteiger charge is -2.73. The highest BCUT2D eigenvalue weighted by molar-refractivity contribution is 5.90. The van der Waals surface area contributed by atoms with Crippen LogP contribution in [-0.4, -0.2) is 146 Å². The second kappa shape index (κ2) is 23.4. The minimum absolute atomic E-state index is 0.0190. The molecule has 0 aromatic heterocycles. The molecule has 1 heterocycles. The Balaban J connectivity index is 1.12. The summed E-state index contributed by atoms with van der Waals surface area (Å²) in [5.41, 5.74) is 1.31. The van der Waals surface area contributed by atoms with Crippen LogP contribution in [0, 0.1) is 80.3 Å². The topological polar surface area (TPSA) is 161 Å². The van der Waals surface area contributed by atoms with Gasteiger partial charge in [0, 0.05) is 41.0 Å². The van der Waals surface area contributed by atoms with Crippen molar-refractivity contribution in [3.8, 4) is 0 Å². The number of amides is 4. The van der Waals surface area contributed by atoms with Gasteiger partial charge < -0.3 is 40.1 Å². The third kappa shape index (κ3) is 10.7. The molecule has 0 spiro atoms. The first kappa shape index (κ1) is 60.6. The number of fused-ring (bicyclic) bond motifs is 7. The minimum atomic E-state index is -0.761. The average molecular weight is 1040 g/mol. The van der Waals surface area contributed by atoms with Crippen LogP contribution in [-0.2, 0) is 28.7 Å². The van der Waals surface area contributed by atoms with Crippen molar-refractivity contribution < 1.29 is 38.9 Å². The molecule has 74 heavy (non-hydrogen) atoms. The summed E-state index contributed by atoms with van der Waals surface area (Å²) < 4.78 is 12.3. The molecule has 0 aromatic carbocycles. The van der Waals surface area contributed by atoms with E-state index in [2.05, 4.69) is 59.1 Å². The molecule has 5 saturated carbocycles. The first-order valence-electron chi connectivity index (χ1n) is 29.4.